The molecule has 0 fully saturated rings. The first-order chi connectivity index (χ1) is 9.60. The van der Waals surface area contributed by atoms with Crippen molar-refractivity contribution in [3.8, 4) is 0 Å². The molecule has 3 aromatic rings. The Morgan fingerprint density at radius 2 is 2.10 bits per heavy atom. The van der Waals surface area contributed by atoms with Gasteiger partial charge < -0.3 is 0 Å². The molecule has 0 radical (unpaired) electrons. The molecular formula is C13H15N5OS. The van der Waals surface area contributed by atoms with E-state index >= 15 is 0 Å². The van der Waals surface area contributed by atoms with E-state index < -0.39 is 0 Å². The van der Waals surface area contributed by atoms with E-state index in [-0.39, 0.29) is 5.56 Å². The molecule has 0 aliphatic carbocycles. The number of rotatable bonds is 3. The highest BCUT2D eigenvalue weighted by atomic mass is 32.1. The minimum absolute atomic E-state index is 0.0146. The van der Waals surface area contributed by atoms with Gasteiger partial charge in [0.2, 0.25) is 0 Å². The average Bonchev–Trinajstić information content (AvgIpc) is 2.97. The van der Waals surface area contributed by atoms with Crippen molar-refractivity contribution in [2.75, 3.05) is 0 Å². The lowest BCUT2D eigenvalue weighted by Gasteiger charge is -2.03. The van der Waals surface area contributed by atoms with Gasteiger partial charge in [-0.25, -0.2) is 4.98 Å². The Kier molecular flexibility index (Phi) is 3.13. The SMILES string of the molecule is CCn1nc(C)c(Cn2cnc3scc(C)c3c2=O)n1. The summed E-state index contributed by atoms with van der Waals surface area (Å²) in [5, 5.41) is 11.3. The molecule has 0 bridgehead atoms. The number of nitrogens with zero attached hydrogens (tertiary/aromatic N) is 5. The Balaban J connectivity index is 2.06. The molecule has 6 nitrogen and oxygen atoms in total. The number of aromatic nitrogens is 5. The van der Waals surface area contributed by atoms with Gasteiger partial charge in [-0.15, -0.1) is 11.3 Å². The molecule has 3 aromatic heterocycles. The van der Waals surface area contributed by atoms with Crippen LogP contribution in [0.3, 0.4) is 0 Å². The van der Waals surface area contributed by atoms with E-state index in [1.54, 1.807) is 15.7 Å². The van der Waals surface area contributed by atoms with Gasteiger partial charge in [0, 0.05) is 0 Å². The zero-order chi connectivity index (χ0) is 14.3. The van der Waals surface area contributed by atoms with Gasteiger partial charge >= 0.3 is 0 Å². The van der Waals surface area contributed by atoms with Crippen LogP contribution in [0.25, 0.3) is 10.2 Å². The van der Waals surface area contributed by atoms with Crippen LogP contribution in [0.2, 0.25) is 0 Å². The lowest BCUT2D eigenvalue weighted by molar-refractivity contribution is 0.557. The normalized spacial score (nSPS) is 11.3. The average molecular weight is 289 g/mol. The number of aryl methyl sites for hydroxylation is 3. The van der Waals surface area contributed by atoms with Crippen LogP contribution in [0.1, 0.15) is 23.9 Å². The van der Waals surface area contributed by atoms with E-state index in [1.165, 1.54) is 11.3 Å². The summed E-state index contributed by atoms with van der Waals surface area (Å²) in [6, 6.07) is 0. The molecule has 0 aliphatic rings. The first-order valence-corrected chi connectivity index (χ1v) is 7.32. The molecule has 3 heterocycles. The van der Waals surface area contributed by atoms with Gasteiger partial charge in [0.15, 0.2) is 0 Å². The third kappa shape index (κ3) is 2.03. The number of fused-ring (bicyclic) bond motifs is 1. The summed E-state index contributed by atoms with van der Waals surface area (Å²) in [6.45, 7) is 6.95. The zero-order valence-corrected chi connectivity index (χ0v) is 12.4. The fraction of sp³-hybridized carbons (Fsp3) is 0.385. The van der Waals surface area contributed by atoms with Gasteiger partial charge in [-0.2, -0.15) is 15.0 Å². The van der Waals surface area contributed by atoms with E-state index in [4.69, 9.17) is 0 Å². The molecule has 0 amide bonds. The molecule has 104 valence electrons. The lowest BCUT2D eigenvalue weighted by Crippen LogP contribution is -2.21. The summed E-state index contributed by atoms with van der Waals surface area (Å²) in [4.78, 5) is 19.2. The van der Waals surface area contributed by atoms with Crippen molar-refractivity contribution in [2.24, 2.45) is 0 Å². The monoisotopic (exact) mass is 289 g/mol. The maximum Gasteiger partial charge on any atom is 0.262 e. The van der Waals surface area contributed by atoms with Gasteiger partial charge in [-0.3, -0.25) is 9.36 Å². The van der Waals surface area contributed by atoms with Crippen molar-refractivity contribution in [3.05, 3.63) is 39.0 Å². The lowest BCUT2D eigenvalue weighted by atomic mass is 10.2. The molecular weight excluding hydrogens is 274 g/mol. The summed E-state index contributed by atoms with van der Waals surface area (Å²) in [5.74, 6) is 0. The Labute approximate surface area is 119 Å². The number of hydrogen-bond acceptors (Lipinski definition) is 5. The predicted octanol–water partition coefficient (Wildman–Crippen LogP) is 1.73. The Hall–Kier alpha value is -2.02. The van der Waals surface area contributed by atoms with Gasteiger partial charge in [0.05, 0.1) is 30.5 Å². The third-order valence-electron chi connectivity index (χ3n) is 3.27. The van der Waals surface area contributed by atoms with Crippen LogP contribution in [-0.2, 0) is 13.1 Å². The largest absolute Gasteiger partial charge is 0.292 e. The van der Waals surface area contributed by atoms with Gasteiger partial charge in [0.25, 0.3) is 5.56 Å². The van der Waals surface area contributed by atoms with Gasteiger partial charge in [-0.1, -0.05) is 0 Å². The fourth-order valence-electron chi connectivity index (χ4n) is 2.13. The quantitative estimate of drug-likeness (QED) is 0.736. The maximum atomic E-state index is 12.5. The predicted molar refractivity (Wildman–Crippen MR) is 78.2 cm³/mol. The second kappa shape index (κ2) is 4.82. The minimum atomic E-state index is -0.0146. The summed E-state index contributed by atoms with van der Waals surface area (Å²) >= 11 is 1.50. The van der Waals surface area contributed by atoms with Gasteiger partial charge in [-0.05, 0) is 31.7 Å². The number of thiophene rings is 1. The molecule has 20 heavy (non-hydrogen) atoms. The Morgan fingerprint density at radius 1 is 1.30 bits per heavy atom. The summed E-state index contributed by atoms with van der Waals surface area (Å²) in [6.07, 6.45) is 1.59. The molecule has 0 aliphatic heterocycles. The maximum absolute atomic E-state index is 12.5. The minimum Gasteiger partial charge on any atom is -0.292 e. The first-order valence-electron chi connectivity index (χ1n) is 6.44. The number of hydrogen-bond donors (Lipinski definition) is 0. The zero-order valence-electron chi connectivity index (χ0n) is 11.6. The topological polar surface area (TPSA) is 65.6 Å². The molecule has 0 unspecified atom stereocenters. The first kappa shape index (κ1) is 13.0. The molecule has 3 rings (SSSR count). The Morgan fingerprint density at radius 3 is 2.80 bits per heavy atom. The van der Waals surface area contributed by atoms with Crippen LogP contribution in [-0.4, -0.2) is 24.5 Å². The van der Waals surface area contributed by atoms with Crippen molar-refractivity contribution in [2.45, 2.75) is 33.9 Å². The fourth-order valence-corrected chi connectivity index (χ4v) is 3.01. The Bertz CT molecular complexity index is 829. The van der Waals surface area contributed by atoms with E-state index in [1.807, 2.05) is 26.2 Å². The van der Waals surface area contributed by atoms with E-state index in [9.17, 15) is 4.79 Å². The summed E-state index contributed by atoms with van der Waals surface area (Å²) in [7, 11) is 0. The standard InChI is InChI=1S/C13H15N5OS/c1-4-18-15-9(3)10(16-18)5-17-7-14-12-11(13(17)19)8(2)6-20-12/h6-7H,4-5H2,1-3H3. The second-order valence-electron chi connectivity index (χ2n) is 4.70. The summed E-state index contributed by atoms with van der Waals surface area (Å²) < 4.78 is 1.60. The van der Waals surface area contributed by atoms with Crippen LogP contribution in [0.15, 0.2) is 16.5 Å². The van der Waals surface area contributed by atoms with Crippen LogP contribution in [0, 0.1) is 13.8 Å². The van der Waals surface area contributed by atoms with Crippen LogP contribution in [0.5, 0.6) is 0 Å². The van der Waals surface area contributed by atoms with Crippen molar-refractivity contribution in [1.29, 1.82) is 0 Å². The van der Waals surface area contributed by atoms with E-state index in [2.05, 4.69) is 15.2 Å². The molecule has 0 saturated heterocycles. The highest BCUT2D eigenvalue weighted by Gasteiger charge is 2.12. The highest BCUT2D eigenvalue weighted by molar-refractivity contribution is 7.16. The van der Waals surface area contributed by atoms with Crippen LogP contribution < -0.4 is 5.56 Å². The van der Waals surface area contributed by atoms with Crippen molar-refractivity contribution < 1.29 is 0 Å². The third-order valence-corrected chi connectivity index (χ3v) is 4.27. The van der Waals surface area contributed by atoms with E-state index in [0.29, 0.717) is 11.9 Å². The molecule has 0 spiro atoms. The molecule has 0 saturated carbocycles. The second-order valence-corrected chi connectivity index (χ2v) is 5.56. The summed E-state index contributed by atoms with van der Waals surface area (Å²) in [5.41, 5.74) is 2.62. The molecule has 0 atom stereocenters. The smallest absolute Gasteiger partial charge is 0.262 e. The van der Waals surface area contributed by atoms with Crippen molar-refractivity contribution >= 4 is 21.6 Å². The van der Waals surface area contributed by atoms with E-state index in [0.717, 1.165) is 28.3 Å². The van der Waals surface area contributed by atoms with Crippen LogP contribution in [0.4, 0.5) is 0 Å². The van der Waals surface area contributed by atoms with Crippen LogP contribution >= 0.6 is 11.3 Å². The molecule has 7 heteroatoms. The highest BCUT2D eigenvalue weighted by Crippen LogP contribution is 2.19. The van der Waals surface area contributed by atoms with Crippen molar-refractivity contribution in [3.63, 3.8) is 0 Å². The molecule has 0 N–H and O–H groups in total. The van der Waals surface area contributed by atoms with Crippen molar-refractivity contribution in [1.82, 2.24) is 24.5 Å². The molecule has 0 aromatic carbocycles. The van der Waals surface area contributed by atoms with Gasteiger partial charge in [0.1, 0.15) is 10.5 Å².